The van der Waals surface area contributed by atoms with Gasteiger partial charge in [0.25, 0.3) is 0 Å². The van der Waals surface area contributed by atoms with Crippen molar-refractivity contribution in [3.8, 4) is 0 Å². The number of hydrogen-bond acceptors (Lipinski definition) is 4. The Morgan fingerprint density at radius 2 is 1.96 bits per heavy atom. The van der Waals surface area contributed by atoms with Crippen molar-refractivity contribution in [2.24, 2.45) is 10.7 Å². The van der Waals surface area contributed by atoms with Crippen molar-refractivity contribution in [1.82, 2.24) is 24.5 Å². The maximum atomic E-state index is 11.7. The van der Waals surface area contributed by atoms with Gasteiger partial charge in [0.05, 0.1) is 22.8 Å². The molecular weight excluding hydrogens is 493 g/mol. The van der Waals surface area contributed by atoms with Crippen LogP contribution in [-0.2, 0) is 11.3 Å². The van der Waals surface area contributed by atoms with Crippen LogP contribution in [0.15, 0.2) is 29.5 Å². The van der Waals surface area contributed by atoms with E-state index < -0.39 is 5.54 Å². The molecule has 1 saturated heterocycles. The minimum Gasteiger partial charge on any atom is -0.368 e. The Morgan fingerprint density at radius 1 is 1.29 bits per heavy atom. The number of nitrogens with two attached hydrogens (primary N) is 1. The molecule has 0 saturated carbocycles. The lowest BCUT2D eigenvalue weighted by atomic mass is 10.0. The lowest BCUT2D eigenvalue weighted by Gasteiger charge is -2.43. The van der Waals surface area contributed by atoms with Crippen LogP contribution in [0.5, 0.6) is 0 Å². The largest absolute Gasteiger partial charge is 0.368 e. The predicted octanol–water partition coefficient (Wildman–Crippen LogP) is 1.56. The van der Waals surface area contributed by atoms with E-state index in [0.717, 1.165) is 43.5 Å². The van der Waals surface area contributed by atoms with E-state index in [9.17, 15) is 4.79 Å². The molecule has 0 atom stereocenters. The number of aliphatic imine (C=N–C) groups is 1. The topological polar surface area (TPSA) is 91.3 Å². The van der Waals surface area contributed by atoms with Crippen LogP contribution in [0, 0.1) is 0 Å². The van der Waals surface area contributed by atoms with E-state index in [0.29, 0.717) is 11.6 Å². The van der Waals surface area contributed by atoms with E-state index in [2.05, 4.69) is 25.1 Å². The molecule has 3 heterocycles. The molecule has 0 bridgehead atoms. The number of primary amides is 1. The second-order valence-electron chi connectivity index (χ2n) is 7.14. The molecule has 2 aromatic rings. The van der Waals surface area contributed by atoms with Crippen molar-refractivity contribution in [2.75, 3.05) is 33.2 Å². The van der Waals surface area contributed by atoms with Gasteiger partial charge in [-0.05, 0) is 26.0 Å². The van der Waals surface area contributed by atoms with E-state index in [-0.39, 0.29) is 29.9 Å². The summed E-state index contributed by atoms with van der Waals surface area (Å²) in [5.74, 6) is 0.520. The van der Waals surface area contributed by atoms with Gasteiger partial charge in [0.1, 0.15) is 5.65 Å². The summed E-state index contributed by atoms with van der Waals surface area (Å²) in [4.78, 5) is 24.9. The van der Waals surface area contributed by atoms with Crippen LogP contribution in [0.2, 0.25) is 5.02 Å². The summed E-state index contributed by atoms with van der Waals surface area (Å²) in [5, 5.41) is 4.04. The van der Waals surface area contributed by atoms with Gasteiger partial charge in [-0.1, -0.05) is 11.6 Å². The highest BCUT2D eigenvalue weighted by Gasteiger charge is 2.35. The Hall–Kier alpha value is -1.59. The monoisotopic (exact) mass is 519 g/mol. The number of aromatic nitrogens is 2. The van der Waals surface area contributed by atoms with Gasteiger partial charge in [0.15, 0.2) is 5.96 Å². The number of rotatable bonds is 4. The predicted molar refractivity (Wildman–Crippen MR) is 122 cm³/mol. The minimum atomic E-state index is -0.638. The summed E-state index contributed by atoms with van der Waals surface area (Å²) in [6.45, 7) is 7.36. The Labute approximate surface area is 187 Å². The van der Waals surface area contributed by atoms with Gasteiger partial charge in [-0.25, -0.2) is 4.98 Å². The molecule has 0 unspecified atom stereocenters. The Balaban J connectivity index is 0.00000280. The van der Waals surface area contributed by atoms with Crippen LogP contribution in [0.3, 0.4) is 0 Å². The highest BCUT2D eigenvalue weighted by molar-refractivity contribution is 14.0. The van der Waals surface area contributed by atoms with Gasteiger partial charge in [-0.15, -0.1) is 24.0 Å². The minimum absolute atomic E-state index is 0. The first-order valence-electron chi connectivity index (χ1n) is 8.95. The first-order chi connectivity index (χ1) is 12.8. The van der Waals surface area contributed by atoms with Crippen LogP contribution in [0.4, 0.5) is 0 Å². The number of carbonyl (C=O) groups is 1. The van der Waals surface area contributed by atoms with Crippen LogP contribution in [0.25, 0.3) is 5.65 Å². The third kappa shape index (κ3) is 4.87. The summed E-state index contributed by atoms with van der Waals surface area (Å²) in [5.41, 5.74) is 6.65. The van der Waals surface area contributed by atoms with Crippen LogP contribution in [0.1, 0.15) is 19.5 Å². The number of fused-ring (bicyclic) bond motifs is 1. The van der Waals surface area contributed by atoms with Crippen LogP contribution in [-0.4, -0.2) is 69.8 Å². The second-order valence-corrected chi connectivity index (χ2v) is 7.58. The summed E-state index contributed by atoms with van der Waals surface area (Å²) in [6.07, 6.45) is 3.79. The van der Waals surface area contributed by atoms with Gasteiger partial charge in [-0.3, -0.25) is 14.7 Å². The number of nitrogens with zero attached hydrogens (tertiary/aromatic N) is 5. The molecule has 0 aliphatic carbocycles. The third-order valence-electron chi connectivity index (χ3n) is 5.08. The van der Waals surface area contributed by atoms with Crippen molar-refractivity contribution in [1.29, 1.82) is 0 Å². The number of nitrogens with one attached hydrogen (secondary N) is 1. The Morgan fingerprint density at radius 3 is 2.57 bits per heavy atom. The summed E-state index contributed by atoms with van der Waals surface area (Å²) in [6, 6.07) is 3.72. The number of amides is 1. The molecular formula is C18H27ClIN7O. The molecule has 3 N–H and O–H groups in total. The van der Waals surface area contributed by atoms with E-state index >= 15 is 0 Å². The fraction of sp³-hybridized carbons (Fsp3) is 0.500. The summed E-state index contributed by atoms with van der Waals surface area (Å²) < 4.78 is 1.91. The molecule has 1 amide bonds. The van der Waals surface area contributed by atoms with Gasteiger partial charge in [0.2, 0.25) is 5.91 Å². The lowest BCUT2D eigenvalue weighted by molar-refractivity contribution is -0.129. The van der Waals surface area contributed by atoms with Crippen molar-refractivity contribution >= 4 is 53.1 Å². The molecule has 28 heavy (non-hydrogen) atoms. The van der Waals surface area contributed by atoms with E-state index in [1.807, 2.05) is 42.8 Å². The Kier molecular flexibility index (Phi) is 7.52. The molecule has 0 radical (unpaired) electrons. The zero-order valence-corrected chi connectivity index (χ0v) is 19.4. The SMILES string of the molecule is CN=C(NCc1cn2cc(Cl)ccc2n1)N1CCN(C(C)(C)C(N)=O)CC1.I. The summed E-state index contributed by atoms with van der Waals surface area (Å²) >= 11 is 6.02. The molecule has 0 aromatic carbocycles. The molecule has 1 fully saturated rings. The van der Waals surface area contributed by atoms with E-state index in [1.165, 1.54) is 0 Å². The number of pyridine rings is 1. The average molecular weight is 520 g/mol. The zero-order valence-electron chi connectivity index (χ0n) is 16.4. The number of guanidine groups is 1. The highest BCUT2D eigenvalue weighted by atomic mass is 127. The number of halogens is 2. The first kappa shape index (κ1) is 22.7. The smallest absolute Gasteiger partial charge is 0.237 e. The van der Waals surface area contributed by atoms with E-state index in [4.69, 9.17) is 17.3 Å². The van der Waals surface area contributed by atoms with Crippen molar-refractivity contribution in [2.45, 2.75) is 25.9 Å². The average Bonchev–Trinajstić information content (AvgIpc) is 3.04. The third-order valence-corrected chi connectivity index (χ3v) is 5.30. The lowest BCUT2D eigenvalue weighted by Crippen LogP contribution is -2.61. The number of carbonyl (C=O) groups excluding carboxylic acids is 1. The molecule has 8 nitrogen and oxygen atoms in total. The van der Waals surface area contributed by atoms with Crippen molar-refractivity contribution < 1.29 is 4.79 Å². The van der Waals surface area contributed by atoms with Gasteiger partial charge >= 0.3 is 0 Å². The van der Waals surface area contributed by atoms with Crippen LogP contribution >= 0.6 is 35.6 Å². The zero-order chi connectivity index (χ0) is 19.6. The quantitative estimate of drug-likeness (QED) is 0.363. The van der Waals surface area contributed by atoms with Gasteiger partial charge in [-0.2, -0.15) is 0 Å². The maximum Gasteiger partial charge on any atom is 0.237 e. The number of hydrogen-bond donors (Lipinski definition) is 2. The second kappa shape index (κ2) is 9.27. The van der Waals surface area contributed by atoms with E-state index in [1.54, 1.807) is 7.05 Å². The first-order valence-corrected chi connectivity index (χ1v) is 9.33. The molecule has 10 heteroatoms. The molecule has 3 rings (SSSR count). The molecule has 1 aliphatic rings. The number of imidazole rings is 1. The normalized spacial score (nSPS) is 16.1. The van der Waals surface area contributed by atoms with Crippen molar-refractivity contribution in [3.63, 3.8) is 0 Å². The van der Waals surface area contributed by atoms with Gasteiger partial charge < -0.3 is 20.4 Å². The standard InChI is InChI=1S/C18H26ClN7O.HI/c1-18(2,16(20)27)26-8-6-24(7-9-26)17(21-3)22-10-14-12-25-11-13(19)4-5-15(25)23-14;/h4-5,11-12H,6-10H2,1-3H3,(H2,20,27)(H,21,22);1H. The fourth-order valence-corrected chi connectivity index (χ4v) is 3.41. The number of piperazine rings is 1. The maximum absolute atomic E-state index is 11.7. The van der Waals surface area contributed by atoms with Gasteiger partial charge in [0, 0.05) is 45.6 Å². The molecule has 154 valence electrons. The summed E-state index contributed by atoms with van der Waals surface area (Å²) in [7, 11) is 1.77. The fourth-order valence-electron chi connectivity index (χ4n) is 3.24. The molecule has 1 aliphatic heterocycles. The van der Waals surface area contributed by atoms with Crippen molar-refractivity contribution in [3.05, 3.63) is 35.2 Å². The van der Waals surface area contributed by atoms with Crippen LogP contribution < -0.4 is 11.1 Å². The molecule has 0 spiro atoms. The Bertz CT molecular complexity index is 859. The highest BCUT2D eigenvalue weighted by Crippen LogP contribution is 2.17. The molecule has 2 aromatic heterocycles.